The number of likely N-dealkylation sites (tertiary alicyclic amines) is 1. The minimum atomic E-state index is 0.174. The van der Waals surface area contributed by atoms with Crippen LogP contribution in [0.1, 0.15) is 43.9 Å². The van der Waals surface area contributed by atoms with Gasteiger partial charge in [0.15, 0.2) is 0 Å². The van der Waals surface area contributed by atoms with Gasteiger partial charge in [0.05, 0.1) is 18.8 Å². The van der Waals surface area contributed by atoms with E-state index in [1.807, 2.05) is 12.4 Å². The lowest BCUT2D eigenvalue weighted by Crippen LogP contribution is -2.51. The smallest absolute Gasteiger partial charge is 0.236 e. The molecule has 1 amide bonds. The summed E-state index contributed by atoms with van der Waals surface area (Å²) >= 11 is 0. The van der Waals surface area contributed by atoms with Crippen molar-refractivity contribution in [3.63, 3.8) is 0 Å². The number of rotatable bonds is 4. The van der Waals surface area contributed by atoms with E-state index in [1.54, 1.807) is 0 Å². The maximum atomic E-state index is 13.3. The average molecular weight is 447 g/mol. The summed E-state index contributed by atoms with van der Waals surface area (Å²) in [5.41, 5.74) is 6.08. The number of hydrogen-bond donors (Lipinski definition) is 1. The molecular weight excluding hydrogens is 412 g/mol. The van der Waals surface area contributed by atoms with Crippen LogP contribution in [0.15, 0.2) is 42.7 Å². The zero-order valence-corrected chi connectivity index (χ0v) is 19.9. The SMILES string of the molecule is Cc1ccc2[nH]c([C@H]3CCCN(C(=O)CN4C[C@@H](C)O[C@@H](C)C4)C3)c(-c3ccncc3)c2c1. The number of aryl methyl sites for hydroxylation is 1. The summed E-state index contributed by atoms with van der Waals surface area (Å²) in [5, 5.41) is 1.25. The molecular formula is C27H34N4O2. The summed E-state index contributed by atoms with van der Waals surface area (Å²) in [7, 11) is 0. The zero-order chi connectivity index (χ0) is 22.9. The van der Waals surface area contributed by atoms with Gasteiger partial charge in [-0.2, -0.15) is 0 Å². The van der Waals surface area contributed by atoms with Gasteiger partial charge in [-0.25, -0.2) is 0 Å². The first-order chi connectivity index (χ1) is 16.0. The predicted octanol–water partition coefficient (Wildman–Crippen LogP) is 4.35. The number of hydrogen-bond acceptors (Lipinski definition) is 4. The Morgan fingerprint density at radius 1 is 1.12 bits per heavy atom. The number of ether oxygens (including phenoxy) is 1. The van der Waals surface area contributed by atoms with E-state index in [4.69, 9.17) is 4.74 Å². The van der Waals surface area contributed by atoms with Crippen molar-refractivity contribution in [3.8, 4) is 11.1 Å². The fourth-order valence-electron chi connectivity index (χ4n) is 5.61. The number of H-pyrrole nitrogens is 1. The molecule has 2 aliphatic rings. The van der Waals surface area contributed by atoms with E-state index in [2.05, 4.69) is 70.9 Å². The number of morpholine rings is 1. The molecule has 2 fully saturated rings. The lowest BCUT2D eigenvalue weighted by Gasteiger charge is -2.38. The molecule has 0 aliphatic carbocycles. The molecule has 2 aromatic heterocycles. The predicted molar refractivity (Wildman–Crippen MR) is 131 cm³/mol. The number of nitrogens with zero attached hydrogens (tertiary/aromatic N) is 3. The summed E-state index contributed by atoms with van der Waals surface area (Å²) in [6.45, 7) is 10.0. The third-order valence-electron chi connectivity index (χ3n) is 6.99. The van der Waals surface area contributed by atoms with E-state index in [9.17, 15) is 4.79 Å². The summed E-state index contributed by atoms with van der Waals surface area (Å²) < 4.78 is 5.84. The lowest BCUT2D eigenvalue weighted by molar-refractivity contribution is -0.137. The molecule has 0 radical (unpaired) electrons. The molecule has 2 aliphatic heterocycles. The van der Waals surface area contributed by atoms with Crippen LogP contribution in [0.2, 0.25) is 0 Å². The fourth-order valence-corrected chi connectivity index (χ4v) is 5.61. The zero-order valence-electron chi connectivity index (χ0n) is 19.9. The summed E-state index contributed by atoms with van der Waals surface area (Å²) in [4.78, 5) is 25.5. The van der Waals surface area contributed by atoms with Crippen LogP contribution in [-0.2, 0) is 9.53 Å². The number of carbonyl (C=O) groups is 1. The Morgan fingerprint density at radius 3 is 2.64 bits per heavy atom. The highest BCUT2D eigenvalue weighted by molar-refractivity contribution is 5.98. The van der Waals surface area contributed by atoms with Crippen molar-refractivity contribution in [2.45, 2.75) is 51.7 Å². The fraction of sp³-hybridized carbons (Fsp3) is 0.481. The summed E-state index contributed by atoms with van der Waals surface area (Å²) in [6, 6.07) is 10.8. The molecule has 3 aromatic rings. The van der Waals surface area contributed by atoms with Crippen molar-refractivity contribution in [1.82, 2.24) is 19.8 Å². The third kappa shape index (κ3) is 4.68. The Hall–Kier alpha value is -2.70. The van der Waals surface area contributed by atoms with Crippen LogP contribution in [0.5, 0.6) is 0 Å². The number of benzene rings is 1. The summed E-state index contributed by atoms with van der Waals surface area (Å²) in [6.07, 6.45) is 6.17. The van der Waals surface area contributed by atoms with Gasteiger partial charge in [0, 0.05) is 66.7 Å². The molecule has 0 bridgehead atoms. The minimum absolute atomic E-state index is 0.174. The quantitative estimate of drug-likeness (QED) is 0.647. The summed E-state index contributed by atoms with van der Waals surface area (Å²) in [5.74, 6) is 0.527. The molecule has 0 unspecified atom stereocenters. The Bertz CT molecular complexity index is 1120. The maximum Gasteiger partial charge on any atom is 0.236 e. The van der Waals surface area contributed by atoms with Gasteiger partial charge in [0.2, 0.25) is 5.91 Å². The molecule has 33 heavy (non-hydrogen) atoms. The molecule has 6 nitrogen and oxygen atoms in total. The molecule has 6 heteroatoms. The van der Waals surface area contributed by atoms with Gasteiger partial charge >= 0.3 is 0 Å². The molecule has 5 rings (SSSR count). The Morgan fingerprint density at radius 2 is 1.88 bits per heavy atom. The van der Waals surface area contributed by atoms with Gasteiger partial charge in [-0.05, 0) is 63.4 Å². The van der Waals surface area contributed by atoms with E-state index >= 15 is 0 Å². The number of aromatic amines is 1. The number of fused-ring (bicyclic) bond motifs is 1. The van der Waals surface area contributed by atoms with E-state index in [0.717, 1.165) is 44.5 Å². The van der Waals surface area contributed by atoms with Gasteiger partial charge in [0.1, 0.15) is 0 Å². The minimum Gasteiger partial charge on any atom is -0.373 e. The highest BCUT2D eigenvalue weighted by Gasteiger charge is 2.31. The molecule has 174 valence electrons. The lowest BCUT2D eigenvalue weighted by atomic mass is 9.89. The van der Waals surface area contributed by atoms with Crippen molar-refractivity contribution < 1.29 is 9.53 Å². The second-order valence-electron chi connectivity index (χ2n) is 9.83. The van der Waals surface area contributed by atoms with Gasteiger partial charge in [-0.3, -0.25) is 14.7 Å². The van der Waals surface area contributed by atoms with Crippen LogP contribution in [-0.4, -0.2) is 70.6 Å². The molecule has 0 saturated carbocycles. The van der Waals surface area contributed by atoms with Gasteiger partial charge in [0.25, 0.3) is 0 Å². The Balaban J connectivity index is 1.40. The second-order valence-corrected chi connectivity index (χ2v) is 9.83. The Labute approximate surface area is 195 Å². The van der Waals surface area contributed by atoms with E-state index in [-0.39, 0.29) is 18.1 Å². The van der Waals surface area contributed by atoms with Gasteiger partial charge in [-0.15, -0.1) is 0 Å². The molecule has 1 aromatic carbocycles. The average Bonchev–Trinajstić information content (AvgIpc) is 3.17. The monoisotopic (exact) mass is 446 g/mol. The molecule has 4 heterocycles. The van der Waals surface area contributed by atoms with Crippen molar-refractivity contribution in [1.29, 1.82) is 0 Å². The second kappa shape index (κ2) is 9.27. The normalized spacial score (nSPS) is 24.3. The van der Waals surface area contributed by atoms with E-state index in [0.29, 0.717) is 12.5 Å². The van der Waals surface area contributed by atoms with Crippen LogP contribution >= 0.6 is 0 Å². The van der Waals surface area contributed by atoms with Crippen LogP contribution in [0.3, 0.4) is 0 Å². The topological polar surface area (TPSA) is 61.5 Å². The number of pyridine rings is 1. The first-order valence-corrected chi connectivity index (χ1v) is 12.2. The van der Waals surface area contributed by atoms with E-state index in [1.165, 1.54) is 27.8 Å². The Kier molecular flexibility index (Phi) is 6.21. The number of piperidine rings is 1. The number of carbonyl (C=O) groups excluding carboxylic acids is 1. The number of aromatic nitrogens is 2. The first-order valence-electron chi connectivity index (χ1n) is 12.2. The standard InChI is InChI=1S/C27H34N4O2/c1-18-6-7-24-23(13-18)26(21-8-10-28-11-9-21)27(29-24)22-5-4-12-31(16-22)25(32)17-30-14-19(2)33-20(3)15-30/h6-11,13,19-20,22,29H,4-5,12,14-17H2,1-3H3/t19-,20+,22-/m0/s1. The molecule has 0 spiro atoms. The largest absolute Gasteiger partial charge is 0.373 e. The highest BCUT2D eigenvalue weighted by atomic mass is 16.5. The van der Waals surface area contributed by atoms with Crippen LogP contribution in [0.4, 0.5) is 0 Å². The van der Waals surface area contributed by atoms with Crippen LogP contribution < -0.4 is 0 Å². The molecule has 3 atom stereocenters. The van der Waals surface area contributed by atoms with Crippen molar-refractivity contribution in [2.75, 3.05) is 32.7 Å². The van der Waals surface area contributed by atoms with Crippen LogP contribution in [0.25, 0.3) is 22.0 Å². The van der Waals surface area contributed by atoms with E-state index < -0.39 is 0 Å². The van der Waals surface area contributed by atoms with Crippen molar-refractivity contribution >= 4 is 16.8 Å². The van der Waals surface area contributed by atoms with Crippen molar-refractivity contribution in [2.24, 2.45) is 0 Å². The highest BCUT2D eigenvalue weighted by Crippen LogP contribution is 2.39. The number of amides is 1. The van der Waals surface area contributed by atoms with Gasteiger partial charge < -0.3 is 14.6 Å². The maximum absolute atomic E-state index is 13.3. The molecule has 2 saturated heterocycles. The van der Waals surface area contributed by atoms with Crippen LogP contribution in [0, 0.1) is 6.92 Å². The van der Waals surface area contributed by atoms with Gasteiger partial charge in [-0.1, -0.05) is 11.6 Å². The molecule has 1 N–H and O–H groups in total. The third-order valence-corrected chi connectivity index (χ3v) is 6.99. The number of nitrogens with one attached hydrogen (secondary N) is 1. The first kappa shape index (κ1) is 22.1. The van der Waals surface area contributed by atoms with Crippen molar-refractivity contribution in [3.05, 3.63) is 54.0 Å².